The highest BCUT2D eigenvalue weighted by molar-refractivity contribution is 6.33. The number of nitro groups is 1. The molecule has 2 rings (SSSR count). The van der Waals surface area contributed by atoms with Crippen molar-refractivity contribution in [2.45, 2.75) is 13.2 Å². The lowest BCUT2D eigenvalue weighted by molar-refractivity contribution is -0.384. The highest BCUT2D eigenvalue weighted by Gasteiger charge is 2.10. The lowest BCUT2D eigenvalue weighted by atomic mass is 10.2. The zero-order chi connectivity index (χ0) is 13.8. The predicted molar refractivity (Wildman–Crippen MR) is 70.1 cm³/mol. The molecule has 0 unspecified atom stereocenters. The van der Waals surface area contributed by atoms with Gasteiger partial charge in [0.1, 0.15) is 18.1 Å². The Morgan fingerprint density at radius 3 is 2.68 bits per heavy atom. The maximum atomic E-state index is 10.7. The summed E-state index contributed by atoms with van der Waals surface area (Å²) in [5.74, 6) is 1.06. The molecule has 0 saturated heterocycles. The number of non-ortho nitro benzene ring substituents is 1. The third-order valence-electron chi connectivity index (χ3n) is 2.49. The van der Waals surface area contributed by atoms with Crippen LogP contribution in [0.4, 0.5) is 11.4 Å². The Morgan fingerprint density at radius 2 is 2.05 bits per heavy atom. The molecule has 0 atom stereocenters. The molecule has 0 saturated carbocycles. The van der Waals surface area contributed by atoms with Crippen LogP contribution in [0, 0.1) is 10.1 Å². The Hall–Kier alpha value is -2.05. The number of aliphatic hydroxyl groups is 1. The van der Waals surface area contributed by atoms with Crippen LogP contribution >= 0.6 is 11.6 Å². The summed E-state index contributed by atoms with van der Waals surface area (Å²) in [6.07, 6.45) is 0. The van der Waals surface area contributed by atoms with Crippen molar-refractivity contribution < 1.29 is 14.4 Å². The molecule has 100 valence electrons. The first-order valence-electron chi connectivity index (χ1n) is 5.46. The number of hydrogen-bond acceptors (Lipinski definition) is 5. The molecule has 6 nitrogen and oxygen atoms in total. The van der Waals surface area contributed by atoms with Gasteiger partial charge in [0.05, 0.1) is 22.2 Å². The molecule has 0 aliphatic heterocycles. The van der Waals surface area contributed by atoms with Crippen molar-refractivity contribution in [3.8, 4) is 0 Å². The number of nitro benzene ring substituents is 1. The fourth-order valence-corrected chi connectivity index (χ4v) is 1.73. The third-order valence-corrected chi connectivity index (χ3v) is 2.82. The van der Waals surface area contributed by atoms with Crippen molar-refractivity contribution in [3.05, 3.63) is 57.0 Å². The van der Waals surface area contributed by atoms with E-state index in [1.54, 1.807) is 12.1 Å². The number of furan rings is 1. The number of anilines is 1. The number of benzene rings is 1. The minimum Gasteiger partial charge on any atom is -0.462 e. The molecule has 0 aliphatic rings. The summed E-state index contributed by atoms with van der Waals surface area (Å²) >= 11 is 5.94. The molecule has 1 aromatic carbocycles. The molecule has 0 amide bonds. The van der Waals surface area contributed by atoms with Crippen LogP contribution in [-0.2, 0) is 13.2 Å². The average molecular weight is 283 g/mol. The Kier molecular flexibility index (Phi) is 4.03. The molecule has 1 heterocycles. The normalized spacial score (nSPS) is 10.4. The zero-order valence-corrected chi connectivity index (χ0v) is 10.6. The number of nitrogens with zero attached hydrogens (tertiary/aromatic N) is 1. The summed E-state index contributed by atoms with van der Waals surface area (Å²) < 4.78 is 5.28. The van der Waals surface area contributed by atoms with Crippen LogP contribution in [-0.4, -0.2) is 10.0 Å². The highest BCUT2D eigenvalue weighted by Crippen LogP contribution is 2.27. The van der Waals surface area contributed by atoms with Crippen molar-refractivity contribution in [1.82, 2.24) is 0 Å². The first kappa shape index (κ1) is 13.4. The smallest absolute Gasteiger partial charge is 0.271 e. The van der Waals surface area contributed by atoms with Crippen molar-refractivity contribution >= 4 is 23.0 Å². The largest absolute Gasteiger partial charge is 0.462 e. The molecule has 0 spiro atoms. The Morgan fingerprint density at radius 1 is 1.32 bits per heavy atom. The van der Waals surface area contributed by atoms with E-state index in [0.29, 0.717) is 28.8 Å². The van der Waals surface area contributed by atoms with Crippen LogP contribution in [0.25, 0.3) is 0 Å². The van der Waals surface area contributed by atoms with E-state index in [4.69, 9.17) is 21.1 Å². The fraction of sp³-hybridized carbons (Fsp3) is 0.167. The van der Waals surface area contributed by atoms with Gasteiger partial charge >= 0.3 is 0 Å². The SMILES string of the molecule is O=[N+]([O-])c1ccc(Cl)c(NCc2ccc(CO)o2)c1. The number of rotatable bonds is 5. The van der Waals surface area contributed by atoms with E-state index in [1.165, 1.54) is 18.2 Å². The minimum absolute atomic E-state index is 0.0395. The van der Waals surface area contributed by atoms with Gasteiger partial charge in [-0.15, -0.1) is 0 Å². The van der Waals surface area contributed by atoms with Gasteiger partial charge in [-0.05, 0) is 18.2 Å². The van der Waals surface area contributed by atoms with E-state index in [9.17, 15) is 10.1 Å². The third kappa shape index (κ3) is 3.24. The number of hydrogen-bond donors (Lipinski definition) is 2. The van der Waals surface area contributed by atoms with Crippen LogP contribution in [0.2, 0.25) is 5.02 Å². The van der Waals surface area contributed by atoms with Crippen molar-refractivity contribution in [2.24, 2.45) is 0 Å². The second-order valence-corrected chi connectivity index (χ2v) is 4.21. The van der Waals surface area contributed by atoms with E-state index in [-0.39, 0.29) is 12.3 Å². The maximum Gasteiger partial charge on any atom is 0.271 e. The van der Waals surface area contributed by atoms with Gasteiger partial charge in [-0.1, -0.05) is 11.6 Å². The Balaban J connectivity index is 2.10. The van der Waals surface area contributed by atoms with E-state index in [2.05, 4.69) is 5.32 Å². The van der Waals surface area contributed by atoms with E-state index in [1.807, 2.05) is 0 Å². The first-order valence-corrected chi connectivity index (χ1v) is 5.84. The Labute approximate surface area is 113 Å². The van der Waals surface area contributed by atoms with Gasteiger partial charge in [-0.2, -0.15) is 0 Å². The van der Waals surface area contributed by atoms with Gasteiger partial charge < -0.3 is 14.8 Å². The molecule has 19 heavy (non-hydrogen) atoms. The monoisotopic (exact) mass is 282 g/mol. The van der Waals surface area contributed by atoms with Gasteiger partial charge in [-0.3, -0.25) is 10.1 Å². The zero-order valence-electron chi connectivity index (χ0n) is 9.80. The average Bonchev–Trinajstić information content (AvgIpc) is 2.85. The molecule has 2 N–H and O–H groups in total. The molecular formula is C12H11ClN2O4. The van der Waals surface area contributed by atoms with Crippen LogP contribution in [0.1, 0.15) is 11.5 Å². The van der Waals surface area contributed by atoms with Crippen LogP contribution in [0.5, 0.6) is 0 Å². The predicted octanol–water partition coefficient (Wildman–Crippen LogP) is 2.95. The van der Waals surface area contributed by atoms with Gasteiger partial charge in [0.2, 0.25) is 0 Å². The standard InChI is InChI=1S/C12H11ClN2O4/c13-11-4-1-8(15(17)18)5-12(11)14-6-9-2-3-10(7-16)19-9/h1-5,14,16H,6-7H2. The molecule has 0 radical (unpaired) electrons. The summed E-state index contributed by atoms with van der Waals surface area (Å²) in [5.41, 5.74) is 0.417. The van der Waals surface area contributed by atoms with Crippen LogP contribution < -0.4 is 5.32 Å². The number of aliphatic hydroxyl groups excluding tert-OH is 1. The van der Waals surface area contributed by atoms with Gasteiger partial charge in [0.25, 0.3) is 5.69 Å². The van der Waals surface area contributed by atoms with E-state index < -0.39 is 4.92 Å². The summed E-state index contributed by atoms with van der Waals surface area (Å²) in [6.45, 7) is 0.151. The van der Waals surface area contributed by atoms with Crippen molar-refractivity contribution in [1.29, 1.82) is 0 Å². The molecule has 0 aliphatic carbocycles. The molecular weight excluding hydrogens is 272 g/mol. The van der Waals surface area contributed by atoms with Crippen molar-refractivity contribution in [3.63, 3.8) is 0 Å². The molecule has 7 heteroatoms. The van der Waals surface area contributed by atoms with Gasteiger partial charge in [0, 0.05) is 12.1 Å². The first-order chi connectivity index (χ1) is 9.10. The lowest BCUT2D eigenvalue weighted by Gasteiger charge is -2.06. The van der Waals surface area contributed by atoms with Crippen LogP contribution in [0.3, 0.4) is 0 Å². The van der Waals surface area contributed by atoms with Crippen molar-refractivity contribution in [2.75, 3.05) is 5.32 Å². The Bertz CT molecular complexity index is 597. The second-order valence-electron chi connectivity index (χ2n) is 3.80. The topological polar surface area (TPSA) is 88.5 Å². The summed E-state index contributed by atoms with van der Waals surface area (Å²) in [7, 11) is 0. The van der Waals surface area contributed by atoms with E-state index >= 15 is 0 Å². The highest BCUT2D eigenvalue weighted by atomic mass is 35.5. The quantitative estimate of drug-likeness (QED) is 0.650. The molecule has 2 aromatic rings. The van der Waals surface area contributed by atoms with Gasteiger partial charge in [0.15, 0.2) is 0 Å². The van der Waals surface area contributed by atoms with E-state index in [0.717, 1.165) is 0 Å². The molecule has 0 fully saturated rings. The fourth-order valence-electron chi connectivity index (χ4n) is 1.55. The number of halogens is 1. The minimum atomic E-state index is -0.488. The summed E-state index contributed by atoms with van der Waals surface area (Å²) in [4.78, 5) is 10.2. The lowest BCUT2D eigenvalue weighted by Crippen LogP contribution is -1.99. The second kappa shape index (κ2) is 5.73. The summed E-state index contributed by atoms with van der Waals surface area (Å²) in [6, 6.07) is 7.53. The van der Waals surface area contributed by atoms with Gasteiger partial charge in [-0.25, -0.2) is 0 Å². The summed E-state index contributed by atoms with van der Waals surface area (Å²) in [5, 5.41) is 22.9. The number of nitrogens with one attached hydrogen (secondary N) is 1. The maximum absolute atomic E-state index is 10.7. The molecule has 1 aromatic heterocycles. The van der Waals surface area contributed by atoms with Crippen LogP contribution in [0.15, 0.2) is 34.7 Å². The molecule has 0 bridgehead atoms.